The van der Waals surface area contributed by atoms with Crippen LogP contribution in [0, 0.1) is 5.92 Å². The van der Waals surface area contributed by atoms with Gasteiger partial charge in [-0.05, 0) is 0 Å². The van der Waals surface area contributed by atoms with Gasteiger partial charge in [0.15, 0.2) is 0 Å². The lowest BCUT2D eigenvalue weighted by atomic mass is 9.93. The summed E-state index contributed by atoms with van der Waals surface area (Å²) in [6, 6.07) is -1.25. The minimum Gasteiger partial charge on any atom is -0.337 e. The highest BCUT2D eigenvalue weighted by Gasteiger charge is 2.76. The Kier molecular flexibility index (Phi) is 3.21. The summed E-state index contributed by atoms with van der Waals surface area (Å²) in [7, 11) is 0. The van der Waals surface area contributed by atoms with Gasteiger partial charge < -0.3 is 5.32 Å². The van der Waals surface area contributed by atoms with E-state index in [-0.39, 0.29) is 0 Å². The molecular weight excluding hydrogens is 277 g/mol. The molecule has 1 unspecified atom stereocenters. The van der Waals surface area contributed by atoms with Crippen LogP contribution in [0.5, 0.6) is 0 Å². The second kappa shape index (κ2) is 3.99. The average Bonchev–Trinajstić information content (AvgIpc) is 2.14. The molecule has 18 heavy (non-hydrogen) atoms. The number of alkyl halides is 7. The lowest BCUT2D eigenvalue weighted by Crippen LogP contribution is -2.64. The van der Waals surface area contributed by atoms with Crippen LogP contribution in [0.3, 0.4) is 0 Å². The van der Waals surface area contributed by atoms with E-state index in [1.54, 1.807) is 5.32 Å². The third-order valence-corrected chi connectivity index (χ3v) is 2.23. The van der Waals surface area contributed by atoms with Crippen molar-refractivity contribution >= 4 is 11.9 Å². The van der Waals surface area contributed by atoms with Crippen molar-refractivity contribution in [1.29, 1.82) is 0 Å². The van der Waals surface area contributed by atoms with Crippen LogP contribution in [0.15, 0.2) is 0 Å². The van der Waals surface area contributed by atoms with Gasteiger partial charge in [-0.2, -0.15) is 30.7 Å². The Labute approximate surface area is 94.5 Å². The zero-order chi connectivity index (χ0) is 14.4. The van der Waals surface area contributed by atoms with Gasteiger partial charge in [0, 0.05) is 6.54 Å². The lowest BCUT2D eigenvalue weighted by Gasteiger charge is -2.34. The highest BCUT2D eigenvalue weighted by Crippen LogP contribution is 2.49. The molecule has 0 saturated carbocycles. The molecule has 1 saturated heterocycles. The quantitative estimate of drug-likeness (QED) is 0.749. The van der Waals surface area contributed by atoms with Gasteiger partial charge >= 0.3 is 24.1 Å². The van der Waals surface area contributed by atoms with Crippen LogP contribution in [0.25, 0.3) is 0 Å². The monoisotopic (exact) mass is 282 g/mol. The number of imide groups is 1. The molecule has 0 aliphatic carbocycles. The van der Waals surface area contributed by atoms with E-state index in [0.717, 1.165) is 0 Å². The number of rotatable bonds is 2. The number of nitrogens with one attached hydrogen (secondary N) is 2. The normalized spacial score (nSPS) is 22.5. The summed E-state index contributed by atoms with van der Waals surface area (Å²) in [5.41, 5.74) is 0. The molecule has 1 aliphatic rings. The van der Waals surface area contributed by atoms with Crippen molar-refractivity contribution in [2.45, 2.75) is 18.0 Å². The van der Waals surface area contributed by atoms with Gasteiger partial charge in [0.1, 0.15) is 5.92 Å². The first-order valence-electron chi connectivity index (χ1n) is 4.32. The predicted molar refractivity (Wildman–Crippen MR) is 41.0 cm³/mol. The van der Waals surface area contributed by atoms with Crippen molar-refractivity contribution in [2.24, 2.45) is 5.92 Å². The van der Waals surface area contributed by atoms with Crippen molar-refractivity contribution < 1.29 is 40.3 Å². The Balaban J connectivity index is 3.06. The summed E-state index contributed by atoms with van der Waals surface area (Å²) in [5, 5.41) is 2.73. The van der Waals surface area contributed by atoms with Gasteiger partial charge in [0.05, 0.1) is 0 Å². The second-order valence-corrected chi connectivity index (χ2v) is 3.45. The molecule has 0 aromatic rings. The number of hydrogen-bond acceptors (Lipinski definition) is 2. The largest absolute Gasteiger partial charge is 0.459 e. The molecule has 0 bridgehead atoms. The molecule has 0 radical (unpaired) electrons. The highest BCUT2D eigenvalue weighted by atomic mass is 19.4. The first kappa shape index (κ1) is 14.5. The third kappa shape index (κ3) is 2.08. The topological polar surface area (TPSA) is 58.2 Å². The fourth-order valence-electron chi connectivity index (χ4n) is 1.23. The van der Waals surface area contributed by atoms with E-state index in [2.05, 4.69) is 0 Å². The van der Waals surface area contributed by atoms with Crippen LogP contribution in [0.2, 0.25) is 0 Å². The van der Waals surface area contributed by atoms with Crippen LogP contribution in [0.1, 0.15) is 0 Å². The smallest absolute Gasteiger partial charge is 0.337 e. The molecule has 11 heteroatoms. The Bertz CT molecular complexity index is 378. The molecule has 1 aliphatic heterocycles. The average molecular weight is 282 g/mol. The third-order valence-electron chi connectivity index (χ3n) is 2.23. The Hall–Kier alpha value is -1.55. The van der Waals surface area contributed by atoms with Crippen LogP contribution in [0.4, 0.5) is 35.5 Å². The van der Waals surface area contributed by atoms with Gasteiger partial charge in [-0.3, -0.25) is 10.1 Å². The van der Waals surface area contributed by atoms with E-state index in [4.69, 9.17) is 0 Å². The lowest BCUT2D eigenvalue weighted by molar-refractivity contribution is -0.362. The van der Waals surface area contributed by atoms with Gasteiger partial charge in [-0.25, -0.2) is 4.79 Å². The first-order valence-corrected chi connectivity index (χ1v) is 4.32. The summed E-state index contributed by atoms with van der Waals surface area (Å²) in [4.78, 5) is 21.4. The molecule has 0 aromatic carbocycles. The van der Waals surface area contributed by atoms with Gasteiger partial charge in [-0.1, -0.05) is 0 Å². The van der Waals surface area contributed by atoms with Crippen molar-refractivity contribution in [3.8, 4) is 0 Å². The van der Waals surface area contributed by atoms with E-state index in [1.807, 2.05) is 0 Å². The summed E-state index contributed by atoms with van der Waals surface area (Å²) < 4.78 is 86.9. The molecule has 0 aromatic heterocycles. The summed E-state index contributed by atoms with van der Waals surface area (Å²) in [6.07, 6.45) is -6.52. The predicted octanol–water partition coefficient (Wildman–Crippen LogP) is 1.27. The maximum Gasteiger partial charge on any atom is 0.459 e. The van der Waals surface area contributed by atoms with Crippen molar-refractivity contribution in [2.75, 3.05) is 6.54 Å². The zero-order valence-electron chi connectivity index (χ0n) is 8.25. The fraction of sp³-hybridized carbons (Fsp3) is 0.714. The molecule has 3 amide bonds. The van der Waals surface area contributed by atoms with Gasteiger partial charge in [0.25, 0.3) is 0 Å². The number of carbonyl (C=O) groups is 2. The van der Waals surface area contributed by atoms with Gasteiger partial charge in [-0.15, -0.1) is 0 Å². The molecule has 1 heterocycles. The van der Waals surface area contributed by atoms with E-state index >= 15 is 0 Å². The zero-order valence-corrected chi connectivity index (χ0v) is 8.25. The van der Waals surface area contributed by atoms with E-state index in [9.17, 15) is 40.3 Å². The number of halogens is 7. The number of hydrogen-bond donors (Lipinski definition) is 2. The van der Waals surface area contributed by atoms with Crippen molar-refractivity contribution in [3.63, 3.8) is 0 Å². The first-order chi connectivity index (χ1) is 7.91. The van der Waals surface area contributed by atoms with Crippen LogP contribution >= 0.6 is 0 Å². The summed E-state index contributed by atoms with van der Waals surface area (Å²) >= 11 is 0. The van der Waals surface area contributed by atoms with Gasteiger partial charge in [0.2, 0.25) is 5.91 Å². The van der Waals surface area contributed by atoms with Crippen LogP contribution in [-0.2, 0) is 4.79 Å². The van der Waals surface area contributed by atoms with Crippen molar-refractivity contribution in [1.82, 2.24) is 10.6 Å². The number of amides is 3. The number of urea groups is 1. The second-order valence-electron chi connectivity index (χ2n) is 3.45. The molecule has 2 N–H and O–H groups in total. The summed E-state index contributed by atoms with van der Waals surface area (Å²) in [5.74, 6) is -17.0. The molecule has 0 spiro atoms. The Morgan fingerprint density at radius 2 is 1.50 bits per heavy atom. The SMILES string of the molecule is O=C1NCC(C(F)(F)C(F)(F)C(F)(F)F)C(=O)N1. The van der Waals surface area contributed by atoms with E-state index in [0.29, 0.717) is 0 Å². The Morgan fingerprint density at radius 3 is 1.89 bits per heavy atom. The van der Waals surface area contributed by atoms with E-state index < -0.39 is 42.4 Å². The summed E-state index contributed by atoms with van der Waals surface area (Å²) in [6.45, 7) is -1.32. The maximum absolute atomic E-state index is 13.1. The Morgan fingerprint density at radius 1 is 1.00 bits per heavy atom. The molecular formula is C7H5F7N2O2. The van der Waals surface area contributed by atoms with Crippen molar-refractivity contribution in [3.05, 3.63) is 0 Å². The molecule has 1 atom stereocenters. The maximum atomic E-state index is 13.1. The van der Waals surface area contributed by atoms with Crippen LogP contribution < -0.4 is 10.6 Å². The fourth-order valence-corrected chi connectivity index (χ4v) is 1.23. The molecule has 1 fully saturated rings. The minimum atomic E-state index is -6.52. The van der Waals surface area contributed by atoms with E-state index in [1.165, 1.54) is 5.32 Å². The standard InChI is InChI=1S/C7H5F7N2O2/c8-5(9,6(10,11)7(12,13)14)2-1-15-4(18)16-3(2)17/h2H,1H2,(H2,15,16,17,18). The number of carbonyl (C=O) groups excluding carboxylic acids is 2. The molecule has 1 rings (SSSR count). The highest BCUT2D eigenvalue weighted by molar-refractivity contribution is 5.98. The molecule has 4 nitrogen and oxygen atoms in total. The minimum absolute atomic E-state index is 1.19. The van der Waals surface area contributed by atoms with Crippen LogP contribution in [-0.4, -0.2) is 36.5 Å². The molecule has 104 valence electrons.